The largest absolute Gasteiger partial charge is 0.339 e. The van der Waals surface area contributed by atoms with E-state index in [0.29, 0.717) is 4.77 Å². The van der Waals surface area contributed by atoms with Crippen molar-refractivity contribution < 1.29 is 0 Å². The first kappa shape index (κ1) is 18.9. The zero-order chi connectivity index (χ0) is 19.8. The van der Waals surface area contributed by atoms with Crippen molar-refractivity contribution in [3.63, 3.8) is 0 Å². The molecule has 144 valence electrons. The van der Waals surface area contributed by atoms with Crippen molar-refractivity contribution in [2.45, 2.75) is 16.2 Å². The third-order valence-corrected chi connectivity index (χ3v) is 7.04. The van der Waals surface area contributed by atoms with Crippen LogP contribution in [-0.4, -0.2) is 21.3 Å². The van der Waals surface area contributed by atoms with Crippen molar-refractivity contribution >= 4 is 57.9 Å². The fourth-order valence-electron chi connectivity index (χ4n) is 3.59. The molecule has 1 aliphatic heterocycles. The second-order valence-electron chi connectivity index (χ2n) is 6.70. The van der Waals surface area contributed by atoms with E-state index < -0.39 is 0 Å². The first-order valence-electron chi connectivity index (χ1n) is 9.26. The monoisotopic (exact) mass is 528 g/mol. The quantitative estimate of drug-likeness (QED) is 0.247. The van der Waals surface area contributed by atoms with E-state index in [-0.39, 0.29) is 0 Å². The molecule has 7 heteroatoms. The Morgan fingerprint density at radius 3 is 2.17 bits per heavy atom. The van der Waals surface area contributed by atoms with E-state index in [1.165, 1.54) is 24.7 Å². The van der Waals surface area contributed by atoms with Gasteiger partial charge in [0.1, 0.15) is 5.82 Å². The van der Waals surface area contributed by atoms with Crippen LogP contribution in [0.3, 0.4) is 0 Å². The third kappa shape index (κ3) is 3.62. The van der Waals surface area contributed by atoms with Crippen LogP contribution in [0.5, 0.6) is 0 Å². The lowest BCUT2D eigenvalue weighted by molar-refractivity contribution is 0.802. The minimum atomic E-state index is 0.621. The fraction of sp³-hybridized carbons (Fsp3) is 0.0909. The van der Waals surface area contributed by atoms with E-state index in [4.69, 9.17) is 12.2 Å². The maximum atomic E-state index is 5.51. The number of benzene rings is 3. The number of aromatic amines is 1. The Kier molecular flexibility index (Phi) is 5.19. The first-order valence-corrected chi connectivity index (χ1v) is 11.6. The van der Waals surface area contributed by atoms with Crippen molar-refractivity contribution in [1.82, 2.24) is 14.8 Å². The van der Waals surface area contributed by atoms with Crippen LogP contribution >= 0.6 is 46.6 Å². The lowest BCUT2D eigenvalue weighted by atomic mass is 10.2. The molecule has 1 N–H and O–H groups in total. The normalized spacial score (nSPS) is 12.5. The number of nitrogens with one attached hydrogen (secondary N) is 1. The van der Waals surface area contributed by atoms with Crippen molar-refractivity contribution in [1.29, 1.82) is 0 Å². The van der Waals surface area contributed by atoms with Crippen molar-refractivity contribution in [3.05, 3.63) is 87.0 Å². The van der Waals surface area contributed by atoms with Gasteiger partial charge >= 0.3 is 0 Å². The highest BCUT2D eigenvalue weighted by molar-refractivity contribution is 14.1. The van der Waals surface area contributed by atoms with Gasteiger partial charge < -0.3 is 4.90 Å². The molecule has 0 spiro atoms. The molecular weight excluding hydrogens is 511 g/mol. The second-order valence-corrected chi connectivity index (χ2v) is 9.41. The predicted octanol–water partition coefficient (Wildman–Crippen LogP) is 6.38. The molecule has 0 atom stereocenters. The van der Waals surface area contributed by atoms with Crippen molar-refractivity contribution in [2.75, 3.05) is 11.4 Å². The van der Waals surface area contributed by atoms with Crippen LogP contribution in [0, 0.1) is 8.34 Å². The van der Waals surface area contributed by atoms with Crippen LogP contribution < -0.4 is 4.90 Å². The van der Waals surface area contributed by atoms with Gasteiger partial charge in [0.25, 0.3) is 0 Å². The smallest absolute Gasteiger partial charge is 0.199 e. The molecule has 1 aromatic heterocycles. The van der Waals surface area contributed by atoms with Crippen LogP contribution in [0.15, 0.2) is 82.6 Å². The minimum Gasteiger partial charge on any atom is -0.339 e. The SMILES string of the molecule is S=c1[nH]nc(CCN2c3ccccc3Sc3ccccc32)n1-c1ccc(I)cc1. The van der Waals surface area contributed by atoms with Crippen LogP contribution in [0.4, 0.5) is 11.4 Å². The summed E-state index contributed by atoms with van der Waals surface area (Å²) in [7, 11) is 0. The molecule has 4 aromatic rings. The van der Waals surface area contributed by atoms with Gasteiger partial charge in [0, 0.05) is 32.0 Å². The number of hydrogen-bond acceptors (Lipinski definition) is 4. The summed E-state index contributed by atoms with van der Waals surface area (Å²) >= 11 is 9.65. The zero-order valence-electron chi connectivity index (χ0n) is 15.4. The average molecular weight is 528 g/mol. The van der Waals surface area contributed by atoms with Crippen LogP contribution in [0.25, 0.3) is 5.69 Å². The van der Waals surface area contributed by atoms with Crippen LogP contribution in [0.1, 0.15) is 5.82 Å². The molecule has 1 aliphatic rings. The number of anilines is 2. The Morgan fingerprint density at radius 2 is 1.52 bits per heavy atom. The van der Waals surface area contributed by atoms with Gasteiger partial charge in [-0.05, 0) is 83.3 Å². The number of aromatic nitrogens is 3. The van der Waals surface area contributed by atoms with Gasteiger partial charge in [-0.25, -0.2) is 0 Å². The summed E-state index contributed by atoms with van der Waals surface area (Å²) in [6.45, 7) is 0.818. The lowest BCUT2D eigenvalue weighted by Gasteiger charge is -2.32. The number of hydrogen-bond donors (Lipinski definition) is 1. The number of rotatable bonds is 4. The zero-order valence-corrected chi connectivity index (χ0v) is 19.2. The predicted molar refractivity (Wildman–Crippen MR) is 129 cm³/mol. The number of halogens is 1. The summed E-state index contributed by atoms with van der Waals surface area (Å²) in [5.74, 6) is 0.935. The van der Waals surface area contributed by atoms with Gasteiger partial charge in [-0.2, -0.15) is 5.10 Å². The van der Waals surface area contributed by atoms with Crippen LogP contribution in [0.2, 0.25) is 0 Å². The molecular formula is C22H17IN4S2. The maximum Gasteiger partial charge on any atom is 0.199 e. The maximum absolute atomic E-state index is 5.51. The van der Waals surface area contributed by atoms with Gasteiger partial charge in [0.15, 0.2) is 4.77 Å². The molecule has 5 rings (SSSR count). The molecule has 0 aliphatic carbocycles. The summed E-state index contributed by atoms with van der Waals surface area (Å²) in [5, 5.41) is 7.49. The highest BCUT2D eigenvalue weighted by Crippen LogP contribution is 2.47. The lowest BCUT2D eigenvalue weighted by Crippen LogP contribution is -2.24. The fourth-order valence-corrected chi connectivity index (χ4v) is 5.30. The van der Waals surface area contributed by atoms with E-state index in [9.17, 15) is 0 Å². The Morgan fingerprint density at radius 1 is 0.897 bits per heavy atom. The number of para-hydroxylation sites is 2. The number of nitrogens with zero attached hydrogens (tertiary/aromatic N) is 3. The molecule has 0 saturated heterocycles. The number of fused-ring (bicyclic) bond motifs is 2. The minimum absolute atomic E-state index is 0.621. The molecule has 0 saturated carbocycles. The van der Waals surface area contributed by atoms with E-state index in [2.05, 4.69) is 110 Å². The van der Waals surface area contributed by atoms with E-state index in [1.54, 1.807) is 0 Å². The van der Waals surface area contributed by atoms with Gasteiger partial charge in [-0.15, -0.1) is 0 Å². The molecule has 0 amide bonds. The van der Waals surface area contributed by atoms with E-state index in [1.807, 2.05) is 16.3 Å². The summed E-state index contributed by atoms with van der Waals surface area (Å²) in [5.41, 5.74) is 3.52. The van der Waals surface area contributed by atoms with Gasteiger partial charge in [-0.1, -0.05) is 36.0 Å². The highest BCUT2D eigenvalue weighted by atomic mass is 127. The molecule has 2 heterocycles. The molecule has 29 heavy (non-hydrogen) atoms. The average Bonchev–Trinajstić information content (AvgIpc) is 3.12. The van der Waals surface area contributed by atoms with Crippen molar-refractivity contribution in [3.8, 4) is 5.69 Å². The van der Waals surface area contributed by atoms with E-state index in [0.717, 1.165) is 24.5 Å². The van der Waals surface area contributed by atoms with E-state index >= 15 is 0 Å². The number of H-pyrrole nitrogens is 1. The summed E-state index contributed by atoms with van der Waals surface area (Å²) in [4.78, 5) is 4.95. The first-order chi connectivity index (χ1) is 14.2. The molecule has 3 aromatic carbocycles. The standard InChI is InChI=1S/C22H17IN4S2/c23-15-9-11-16(12-10-15)27-21(24-25-22(27)28)13-14-26-17-5-1-3-7-19(17)29-20-8-4-2-6-18(20)26/h1-12H,13-14H2,(H,25,28). The molecule has 0 radical (unpaired) electrons. The summed E-state index contributed by atoms with van der Waals surface area (Å²) < 4.78 is 3.85. The Labute approximate surface area is 192 Å². The molecule has 0 fully saturated rings. The van der Waals surface area contributed by atoms with Crippen molar-refractivity contribution in [2.24, 2.45) is 0 Å². The Bertz CT molecular complexity index is 1180. The Balaban J connectivity index is 1.49. The van der Waals surface area contributed by atoms with Gasteiger partial charge in [-0.3, -0.25) is 9.67 Å². The third-order valence-electron chi connectivity index (χ3n) is 4.92. The van der Waals surface area contributed by atoms with Gasteiger partial charge in [0.05, 0.1) is 11.4 Å². The topological polar surface area (TPSA) is 36.9 Å². The van der Waals surface area contributed by atoms with Crippen LogP contribution in [-0.2, 0) is 6.42 Å². The highest BCUT2D eigenvalue weighted by Gasteiger charge is 2.23. The molecule has 0 unspecified atom stereocenters. The molecule has 4 nitrogen and oxygen atoms in total. The Hall–Kier alpha value is -2.10. The summed E-state index contributed by atoms with van der Waals surface area (Å²) in [6.07, 6.45) is 0.770. The van der Waals surface area contributed by atoms with Gasteiger partial charge in [0.2, 0.25) is 0 Å². The second kappa shape index (κ2) is 7.97. The summed E-state index contributed by atoms with van der Waals surface area (Å²) in [6, 6.07) is 25.5. The molecule has 0 bridgehead atoms.